The van der Waals surface area contributed by atoms with E-state index in [1.807, 2.05) is 49.4 Å². The third-order valence-corrected chi connectivity index (χ3v) is 3.45. The average molecular weight is 295 g/mol. The highest BCUT2D eigenvalue weighted by molar-refractivity contribution is 5.97. The van der Waals surface area contributed by atoms with E-state index < -0.39 is 0 Å². The highest BCUT2D eigenvalue weighted by atomic mass is 16.5. The maximum Gasteiger partial charge on any atom is 0.268 e. The number of rotatable bonds is 4. The van der Waals surface area contributed by atoms with Gasteiger partial charge in [0, 0.05) is 17.6 Å². The Bertz CT molecular complexity index is 824. The number of aromatic amines is 1. The van der Waals surface area contributed by atoms with Gasteiger partial charge in [-0.25, -0.2) is 4.98 Å². The fourth-order valence-electron chi connectivity index (χ4n) is 2.29. The lowest BCUT2D eigenvalue weighted by Gasteiger charge is -2.06. The molecule has 3 aromatic rings. The number of H-pyrrole nitrogens is 1. The highest BCUT2D eigenvalue weighted by Gasteiger charge is 2.10. The van der Waals surface area contributed by atoms with Crippen LogP contribution in [-0.2, 0) is 6.54 Å². The number of fused-ring (bicyclic) bond motifs is 1. The van der Waals surface area contributed by atoms with Crippen LogP contribution in [0.25, 0.3) is 11.0 Å². The van der Waals surface area contributed by atoms with Gasteiger partial charge in [0.1, 0.15) is 17.1 Å². The number of aromatic nitrogens is 2. The number of carbonyl (C=O) groups excluding carboxylic acids is 1. The molecule has 0 radical (unpaired) electrons. The van der Waals surface area contributed by atoms with Gasteiger partial charge in [-0.05, 0) is 42.8 Å². The van der Waals surface area contributed by atoms with Crippen LogP contribution in [0, 0.1) is 6.92 Å². The van der Waals surface area contributed by atoms with Gasteiger partial charge in [-0.1, -0.05) is 12.1 Å². The Kier molecular flexibility index (Phi) is 3.78. The number of methoxy groups -OCH3 is 1. The molecule has 0 aliphatic heterocycles. The summed E-state index contributed by atoms with van der Waals surface area (Å²) in [5.74, 6) is 0.621. The van der Waals surface area contributed by atoms with E-state index in [2.05, 4.69) is 15.3 Å². The zero-order chi connectivity index (χ0) is 15.5. The van der Waals surface area contributed by atoms with Crippen LogP contribution in [0.2, 0.25) is 0 Å². The van der Waals surface area contributed by atoms with E-state index in [0.717, 1.165) is 28.0 Å². The summed E-state index contributed by atoms with van der Waals surface area (Å²) in [5.41, 5.74) is 3.14. The smallest absolute Gasteiger partial charge is 0.268 e. The molecule has 0 atom stereocenters. The minimum atomic E-state index is -0.154. The van der Waals surface area contributed by atoms with Crippen LogP contribution in [-0.4, -0.2) is 23.0 Å². The van der Waals surface area contributed by atoms with Crippen LogP contribution in [0.3, 0.4) is 0 Å². The zero-order valence-electron chi connectivity index (χ0n) is 12.5. The third-order valence-electron chi connectivity index (χ3n) is 3.45. The Hall–Kier alpha value is -2.82. The first kappa shape index (κ1) is 14.1. The van der Waals surface area contributed by atoms with Crippen LogP contribution in [0.1, 0.15) is 21.7 Å². The Balaban J connectivity index is 1.72. The van der Waals surface area contributed by atoms with Gasteiger partial charge in [0.15, 0.2) is 0 Å². The summed E-state index contributed by atoms with van der Waals surface area (Å²) in [7, 11) is 1.62. The second-order valence-corrected chi connectivity index (χ2v) is 5.11. The summed E-state index contributed by atoms with van der Waals surface area (Å²) in [5, 5.41) is 3.82. The molecule has 0 saturated heterocycles. The second kappa shape index (κ2) is 5.89. The first-order valence-corrected chi connectivity index (χ1v) is 7.03. The maximum atomic E-state index is 12.2. The lowest BCUT2D eigenvalue weighted by molar-refractivity contribution is 0.0946. The number of benzene rings is 1. The molecule has 0 bridgehead atoms. The SMILES string of the molecule is COc1cccc(CNC(=O)c2cc3ccc(C)nc3[nH]2)c1. The van der Waals surface area contributed by atoms with Gasteiger partial charge < -0.3 is 15.0 Å². The summed E-state index contributed by atoms with van der Waals surface area (Å²) < 4.78 is 5.17. The van der Waals surface area contributed by atoms with Gasteiger partial charge in [-0.15, -0.1) is 0 Å². The Morgan fingerprint density at radius 1 is 1.27 bits per heavy atom. The Morgan fingerprint density at radius 2 is 2.14 bits per heavy atom. The van der Waals surface area contributed by atoms with Crippen molar-refractivity contribution in [3.8, 4) is 5.75 Å². The Labute approximate surface area is 128 Å². The predicted octanol–water partition coefficient (Wildman–Crippen LogP) is 2.81. The van der Waals surface area contributed by atoms with Crippen LogP contribution in [0.5, 0.6) is 5.75 Å². The van der Waals surface area contributed by atoms with Crippen molar-refractivity contribution in [1.29, 1.82) is 0 Å². The molecule has 1 aromatic carbocycles. The number of ether oxygens (including phenoxy) is 1. The maximum absolute atomic E-state index is 12.2. The fraction of sp³-hybridized carbons (Fsp3) is 0.176. The first-order valence-electron chi connectivity index (χ1n) is 7.03. The van der Waals surface area contributed by atoms with Crippen molar-refractivity contribution in [2.24, 2.45) is 0 Å². The third kappa shape index (κ3) is 2.93. The number of carbonyl (C=O) groups is 1. The van der Waals surface area contributed by atoms with Crippen molar-refractivity contribution in [3.05, 3.63) is 59.4 Å². The van der Waals surface area contributed by atoms with E-state index in [1.54, 1.807) is 7.11 Å². The molecule has 3 rings (SSSR count). The van der Waals surface area contributed by atoms with Crippen LogP contribution in [0.4, 0.5) is 0 Å². The monoisotopic (exact) mass is 295 g/mol. The zero-order valence-corrected chi connectivity index (χ0v) is 12.5. The number of hydrogen-bond acceptors (Lipinski definition) is 3. The molecular formula is C17H17N3O2. The van der Waals surface area contributed by atoms with E-state index >= 15 is 0 Å². The molecule has 2 aromatic heterocycles. The first-order chi connectivity index (χ1) is 10.7. The average Bonchev–Trinajstić information content (AvgIpc) is 2.96. The lowest BCUT2D eigenvalue weighted by Crippen LogP contribution is -2.23. The molecule has 112 valence electrons. The van der Waals surface area contributed by atoms with Gasteiger partial charge in [-0.2, -0.15) is 0 Å². The summed E-state index contributed by atoms with van der Waals surface area (Å²) >= 11 is 0. The molecule has 0 fully saturated rings. The normalized spacial score (nSPS) is 10.6. The summed E-state index contributed by atoms with van der Waals surface area (Å²) in [6, 6.07) is 13.3. The topological polar surface area (TPSA) is 67.0 Å². The molecule has 0 aliphatic carbocycles. The molecular weight excluding hydrogens is 278 g/mol. The van der Waals surface area contributed by atoms with Crippen molar-refractivity contribution in [1.82, 2.24) is 15.3 Å². The molecule has 0 unspecified atom stereocenters. The molecule has 22 heavy (non-hydrogen) atoms. The van der Waals surface area contributed by atoms with E-state index in [9.17, 15) is 4.79 Å². The quantitative estimate of drug-likeness (QED) is 0.777. The number of pyridine rings is 1. The molecule has 2 N–H and O–H groups in total. The van der Waals surface area contributed by atoms with Gasteiger partial charge in [0.25, 0.3) is 5.91 Å². The minimum Gasteiger partial charge on any atom is -0.497 e. The second-order valence-electron chi connectivity index (χ2n) is 5.11. The van der Waals surface area contributed by atoms with Crippen LogP contribution < -0.4 is 10.1 Å². The molecule has 5 nitrogen and oxygen atoms in total. The van der Waals surface area contributed by atoms with Crippen molar-refractivity contribution in [2.45, 2.75) is 13.5 Å². The van der Waals surface area contributed by atoms with Gasteiger partial charge in [0.05, 0.1) is 7.11 Å². The summed E-state index contributed by atoms with van der Waals surface area (Å²) in [6.45, 7) is 2.36. The number of aryl methyl sites for hydroxylation is 1. The molecule has 0 spiro atoms. The molecule has 5 heteroatoms. The lowest BCUT2D eigenvalue weighted by atomic mass is 10.2. The largest absolute Gasteiger partial charge is 0.497 e. The molecule has 0 saturated carbocycles. The van der Waals surface area contributed by atoms with Gasteiger partial charge in [-0.3, -0.25) is 4.79 Å². The minimum absolute atomic E-state index is 0.154. The van der Waals surface area contributed by atoms with E-state index in [4.69, 9.17) is 4.74 Å². The predicted molar refractivity (Wildman–Crippen MR) is 85.0 cm³/mol. The van der Waals surface area contributed by atoms with Gasteiger partial charge >= 0.3 is 0 Å². The number of amides is 1. The number of nitrogens with one attached hydrogen (secondary N) is 2. The van der Waals surface area contributed by atoms with Crippen molar-refractivity contribution in [2.75, 3.05) is 7.11 Å². The van der Waals surface area contributed by atoms with E-state index in [-0.39, 0.29) is 5.91 Å². The van der Waals surface area contributed by atoms with Crippen molar-refractivity contribution in [3.63, 3.8) is 0 Å². The van der Waals surface area contributed by atoms with E-state index in [0.29, 0.717) is 12.2 Å². The number of hydrogen-bond donors (Lipinski definition) is 2. The highest BCUT2D eigenvalue weighted by Crippen LogP contribution is 2.15. The van der Waals surface area contributed by atoms with Crippen LogP contribution >= 0.6 is 0 Å². The van der Waals surface area contributed by atoms with Crippen molar-refractivity contribution < 1.29 is 9.53 Å². The Morgan fingerprint density at radius 3 is 2.95 bits per heavy atom. The summed E-state index contributed by atoms with van der Waals surface area (Å²) in [4.78, 5) is 19.6. The molecule has 2 heterocycles. The summed E-state index contributed by atoms with van der Waals surface area (Å²) in [6.07, 6.45) is 0. The van der Waals surface area contributed by atoms with Gasteiger partial charge in [0.2, 0.25) is 0 Å². The van der Waals surface area contributed by atoms with Crippen molar-refractivity contribution >= 4 is 16.9 Å². The number of nitrogens with zero attached hydrogens (tertiary/aromatic N) is 1. The molecule has 0 aliphatic rings. The van der Waals surface area contributed by atoms with E-state index in [1.165, 1.54) is 0 Å². The van der Waals surface area contributed by atoms with Crippen LogP contribution in [0.15, 0.2) is 42.5 Å². The standard InChI is InChI=1S/C17H17N3O2/c1-11-6-7-13-9-15(20-16(13)19-11)17(21)18-10-12-4-3-5-14(8-12)22-2/h3-9H,10H2,1-2H3,(H,18,21)(H,19,20). The fourth-order valence-corrected chi connectivity index (χ4v) is 2.29. The molecule has 1 amide bonds.